The SMILES string of the molecule is O=C(/C=C/c1cn(Cc2ccccc2)nn1)Nc1ccccc1Oc1ccccc1Cl. The fourth-order valence-corrected chi connectivity index (χ4v) is 3.05. The van der Waals surface area contributed by atoms with Crippen molar-refractivity contribution in [2.45, 2.75) is 6.54 Å². The molecular weight excluding hydrogens is 412 g/mol. The van der Waals surface area contributed by atoms with Gasteiger partial charge in [0.2, 0.25) is 5.91 Å². The molecule has 1 heterocycles. The second kappa shape index (κ2) is 9.73. The fraction of sp³-hybridized carbons (Fsp3) is 0.0417. The molecule has 0 aliphatic carbocycles. The molecule has 4 rings (SSSR count). The number of halogens is 1. The average molecular weight is 431 g/mol. The molecule has 0 spiro atoms. The molecule has 0 radical (unpaired) electrons. The Morgan fingerprint density at radius 1 is 0.968 bits per heavy atom. The molecule has 0 fully saturated rings. The summed E-state index contributed by atoms with van der Waals surface area (Å²) in [5.74, 6) is 0.690. The van der Waals surface area contributed by atoms with Gasteiger partial charge in [-0.3, -0.25) is 4.79 Å². The summed E-state index contributed by atoms with van der Waals surface area (Å²) in [5, 5.41) is 11.5. The van der Waals surface area contributed by atoms with Crippen molar-refractivity contribution in [2.75, 3.05) is 5.32 Å². The molecule has 1 aromatic heterocycles. The number of carbonyl (C=O) groups excluding carboxylic acids is 1. The highest BCUT2D eigenvalue weighted by Crippen LogP contribution is 2.33. The molecule has 0 unspecified atom stereocenters. The maximum Gasteiger partial charge on any atom is 0.248 e. The van der Waals surface area contributed by atoms with Crippen LogP contribution in [0.5, 0.6) is 11.5 Å². The smallest absolute Gasteiger partial charge is 0.248 e. The lowest BCUT2D eigenvalue weighted by Crippen LogP contribution is -2.08. The highest BCUT2D eigenvalue weighted by atomic mass is 35.5. The summed E-state index contributed by atoms with van der Waals surface area (Å²) in [5.41, 5.74) is 2.24. The molecule has 1 amide bonds. The van der Waals surface area contributed by atoms with Crippen LogP contribution in [0.4, 0.5) is 5.69 Å². The van der Waals surface area contributed by atoms with Crippen LogP contribution in [0.1, 0.15) is 11.3 Å². The third-order valence-corrected chi connectivity index (χ3v) is 4.66. The Balaban J connectivity index is 1.40. The standard InChI is InChI=1S/C24H19ClN4O2/c25-20-10-4-6-12-22(20)31-23-13-7-5-11-21(23)26-24(30)15-14-19-17-29(28-27-19)16-18-8-2-1-3-9-18/h1-15,17H,16H2,(H,26,30)/b15-14+. The summed E-state index contributed by atoms with van der Waals surface area (Å²) in [6.45, 7) is 0.612. The summed E-state index contributed by atoms with van der Waals surface area (Å²) < 4.78 is 7.59. The van der Waals surface area contributed by atoms with Crippen molar-refractivity contribution < 1.29 is 9.53 Å². The first-order valence-corrected chi connectivity index (χ1v) is 10.00. The quantitative estimate of drug-likeness (QED) is 0.397. The number of anilines is 1. The van der Waals surface area contributed by atoms with Crippen LogP contribution in [-0.4, -0.2) is 20.9 Å². The number of nitrogens with zero attached hydrogens (tertiary/aromatic N) is 3. The summed E-state index contributed by atoms with van der Waals surface area (Å²) in [4.78, 5) is 12.4. The van der Waals surface area contributed by atoms with Crippen molar-refractivity contribution in [3.8, 4) is 11.5 Å². The highest BCUT2D eigenvalue weighted by Gasteiger charge is 2.09. The van der Waals surface area contributed by atoms with Crippen molar-refractivity contribution in [3.05, 3.63) is 107 Å². The van der Waals surface area contributed by atoms with Crippen molar-refractivity contribution >= 4 is 29.3 Å². The number of nitrogens with one attached hydrogen (secondary N) is 1. The predicted molar refractivity (Wildman–Crippen MR) is 121 cm³/mol. The number of ether oxygens (including phenoxy) is 1. The van der Waals surface area contributed by atoms with E-state index in [0.29, 0.717) is 34.4 Å². The van der Waals surface area contributed by atoms with E-state index in [0.717, 1.165) is 5.56 Å². The Kier molecular flexibility index (Phi) is 6.40. The molecule has 0 saturated heterocycles. The van der Waals surface area contributed by atoms with E-state index in [1.54, 1.807) is 41.2 Å². The predicted octanol–water partition coefficient (Wildman–Crippen LogP) is 5.42. The van der Waals surface area contributed by atoms with Crippen LogP contribution in [0.3, 0.4) is 0 Å². The van der Waals surface area contributed by atoms with Crippen molar-refractivity contribution in [3.63, 3.8) is 0 Å². The summed E-state index contributed by atoms with van der Waals surface area (Å²) in [6.07, 6.45) is 4.80. The fourth-order valence-electron chi connectivity index (χ4n) is 2.88. The van der Waals surface area contributed by atoms with Gasteiger partial charge in [0.05, 0.1) is 23.5 Å². The van der Waals surface area contributed by atoms with E-state index in [1.165, 1.54) is 6.08 Å². The molecule has 0 saturated carbocycles. The lowest BCUT2D eigenvalue weighted by atomic mass is 10.2. The molecule has 0 aliphatic rings. The summed E-state index contributed by atoms with van der Waals surface area (Å²) in [7, 11) is 0. The van der Waals surface area contributed by atoms with E-state index in [1.807, 2.05) is 54.6 Å². The van der Waals surface area contributed by atoms with Gasteiger partial charge in [-0.2, -0.15) is 0 Å². The van der Waals surface area contributed by atoms with Gasteiger partial charge in [-0.15, -0.1) is 5.10 Å². The summed E-state index contributed by atoms with van der Waals surface area (Å²) in [6, 6.07) is 24.3. The Labute approximate surface area is 184 Å². The lowest BCUT2D eigenvalue weighted by molar-refractivity contribution is -0.111. The van der Waals surface area contributed by atoms with Crippen LogP contribution in [0, 0.1) is 0 Å². The number of benzene rings is 3. The lowest BCUT2D eigenvalue weighted by Gasteiger charge is -2.12. The van der Waals surface area contributed by atoms with Crippen molar-refractivity contribution in [1.29, 1.82) is 0 Å². The summed E-state index contributed by atoms with van der Waals surface area (Å²) >= 11 is 6.16. The van der Waals surface area contributed by atoms with E-state index < -0.39 is 0 Å². The van der Waals surface area contributed by atoms with Gasteiger partial charge in [-0.1, -0.05) is 71.4 Å². The number of para-hydroxylation sites is 3. The normalized spacial score (nSPS) is 10.9. The van der Waals surface area contributed by atoms with Crippen LogP contribution in [0.15, 0.2) is 91.1 Å². The molecular formula is C24H19ClN4O2. The highest BCUT2D eigenvalue weighted by molar-refractivity contribution is 6.32. The maximum absolute atomic E-state index is 12.4. The van der Waals surface area contributed by atoms with E-state index in [2.05, 4.69) is 15.6 Å². The zero-order valence-corrected chi connectivity index (χ0v) is 17.2. The molecule has 0 atom stereocenters. The molecule has 1 N–H and O–H groups in total. The Morgan fingerprint density at radius 3 is 2.48 bits per heavy atom. The average Bonchev–Trinajstić information content (AvgIpc) is 3.23. The molecule has 7 heteroatoms. The third-order valence-electron chi connectivity index (χ3n) is 4.35. The van der Waals surface area contributed by atoms with Gasteiger partial charge in [0.25, 0.3) is 0 Å². The molecule has 3 aromatic carbocycles. The first-order chi connectivity index (χ1) is 15.2. The van der Waals surface area contributed by atoms with E-state index in [9.17, 15) is 4.79 Å². The van der Waals surface area contributed by atoms with Crippen LogP contribution < -0.4 is 10.1 Å². The number of aromatic nitrogens is 3. The first kappa shape index (κ1) is 20.4. The first-order valence-electron chi connectivity index (χ1n) is 9.62. The van der Waals surface area contributed by atoms with Crippen molar-refractivity contribution in [2.24, 2.45) is 0 Å². The van der Waals surface area contributed by atoms with Gasteiger partial charge in [-0.05, 0) is 35.9 Å². The molecule has 31 heavy (non-hydrogen) atoms. The van der Waals surface area contributed by atoms with E-state index in [4.69, 9.17) is 16.3 Å². The second-order valence-corrected chi connectivity index (χ2v) is 7.09. The molecule has 4 aromatic rings. The number of carbonyl (C=O) groups is 1. The molecule has 0 bridgehead atoms. The minimum Gasteiger partial charge on any atom is -0.454 e. The zero-order chi connectivity index (χ0) is 21.5. The monoisotopic (exact) mass is 430 g/mol. The van der Waals surface area contributed by atoms with Gasteiger partial charge >= 0.3 is 0 Å². The second-order valence-electron chi connectivity index (χ2n) is 6.68. The van der Waals surface area contributed by atoms with Crippen molar-refractivity contribution in [1.82, 2.24) is 15.0 Å². The largest absolute Gasteiger partial charge is 0.454 e. The van der Waals surface area contributed by atoms with E-state index in [-0.39, 0.29) is 5.91 Å². The topological polar surface area (TPSA) is 69.0 Å². The Bertz CT molecular complexity index is 1200. The van der Waals surface area contributed by atoms with Crippen LogP contribution in [0.2, 0.25) is 5.02 Å². The van der Waals surface area contributed by atoms with Crippen LogP contribution >= 0.6 is 11.6 Å². The minimum atomic E-state index is -0.312. The number of rotatable bonds is 7. The van der Waals surface area contributed by atoms with Gasteiger partial charge in [-0.25, -0.2) is 4.68 Å². The van der Waals surface area contributed by atoms with Gasteiger partial charge in [0, 0.05) is 6.08 Å². The number of amides is 1. The molecule has 0 aliphatic heterocycles. The zero-order valence-electron chi connectivity index (χ0n) is 16.5. The Hall–Kier alpha value is -3.90. The number of hydrogen-bond acceptors (Lipinski definition) is 4. The minimum absolute atomic E-state index is 0.312. The van der Waals surface area contributed by atoms with Gasteiger partial charge in [0.1, 0.15) is 11.4 Å². The van der Waals surface area contributed by atoms with Gasteiger partial charge in [0.15, 0.2) is 5.75 Å². The van der Waals surface area contributed by atoms with Gasteiger partial charge < -0.3 is 10.1 Å². The maximum atomic E-state index is 12.4. The van der Waals surface area contributed by atoms with Crippen LogP contribution in [0.25, 0.3) is 6.08 Å². The number of hydrogen-bond donors (Lipinski definition) is 1. The Morgan fingerprint density at radius 2 is 1.68 bits per heavy atom. The van der Waals surface area contributed by atoms with E-state index >= 15 is 0 Å². The third kappa shape index (κ3) is 5.58. The van der Waals surface area contributed by atoms with Crippen LogP contribution in [-0.2, 0) is 11.3 Å². The molecule has 154 valence electrons. The molecule has 6 nitrogen and oxygen atoms in total.